The number of morpholine rings is 1. The van der Waals surface area contributed by atoms with Gasteiger partial charge in [-0.05, 0) is 31.5 Å². The number of pyridine rings is 1. The van der Waals surface area contributed by atoms with Crippen molar-refractivity contribution in [2.75, 3.05) is 36.5 Å². The molecule has 1 saturated heterocycles. The molecule has 2 aromatic heterocycles. The summed E-state index contributed by atoms with van der Waals surface area (Å²) in [6, 6.07) is 6.25. The van der Waals surface area contributed by atoms with Crippen LogP contribution in [0.2, 0.25) is 0 Å². The van der Waals surface area contributed by atoms with Crippen molar-refractivity contribution in [1.29, 1.82) is 0 Å². The summed E-state index contributed by atoms with van der Waals surface area (Å²) in [4.78, 5) is 21.7. The lowest BCUT2D eigenvalue weighted by Gasteiger charge is -2.30. The third-order valence-corrected chi connectivity index (χ3v) is 5.79. The van der Waals surface area contributed by atoms with Crippen molar-refractivity contribution in [3.63, 3.8) is 0 Å². The summed E-state index contributed by atoms with van der Waals surface area (Å²) in [5.74, 6) is 0.571. The summed E-state index contributed by atoms with van der Waals surface area (Å²) in [7, 11) is 0. The second-order valence-electron chi connectivity index (χ2n) is 6.38. The van der Waals surface area contributed by atoms with E-state index in [1.165, 1.54) is 9.75 Å². The van der Waals surface area contributed by atoms with E-state index in [1.807, 2.05) is 6.07 Å². The van der Waals surface area contributed by atoms with E-state index >= 15 is 0 Å². The minimum atomic E-state index is 0.0841. The highest BCUT2D eigenvalue weighted by Gasteiger charge is 2.44. The summed E-state index contributed by atoms with van der Waals surface area (Å²) in [6.45, 7) is 5.23. The first-order valence-corrected chi connectivity index (χ1v) is 9.18. The summed E-state index contributed by atoms with van der Waals surface area (Å²) in [5.41, 5.74) is 1.84. The quantitative estimate of drug-likeness (QED) is 0.927. The van der Waals surface area contributed by atoms with Gasteiger partial charge in [0, 0.05) is 40.9 Å². The molecular weight excluding hydrogens is 322 g/mol. The molecule has 0 bridgehead atoms. The predicted molar refractivity (Wildman–Crippen MR) is 95.8 cm³/mol. The Bertz CT molecular complexity index is 739. The first-order chi connectivity index (χ1) is 11.7. The van der Waals surface area contributed by atoms with Gasteiger partial charge >= 0.3 is 0 Å². The Labute approximate surface area is 145 Å². The number of aromatic nitrogens is 1. The topological polar surface area (TPSA) is 54.5 Å². The van der Waals surface area contributed by atoms with Crippen LogP contribution in [0.25, 0.3) is 0 Å². The number of amides is 1. The number of carbonyl (C=O) groups is 1. The van der Waals surface area contributed by atoms with Crippen molar-refractivity contribution < 1.29 is 9.53 Å². The van der Waals surface area contributed by atoms with Crippen molar-refractivity contribution in [1.82, 2.24) is 4.98 Å². The summed E-state index contributed by atoms with van der Waals surface area (Å²) >= 11 is 1.80. The van der Waals surface area contributed by atoms with Crippen LogP contribution in [0, 0.1) is 12.8 Å². The summed E-state index contributed by atoms with van der Waals surface area (Å²) in [5, 5.41) is 3.10. The van der Waals surface area contributed by atoms with Crippen LogP contribution in [-0.4, -0.2) is 37.2 Å². The van der Waals surface area contributed by atoms with E-state index in [2.05, 4.69) is 34.3 Å². The molecule has 4 rings (SSSR count). The number of anilines is 2. The smallest absolute Gasteiger partial charge is 0.228 e. The molecule has 2 unspecified atom stereocenters. The van der Waals surface area contributed by atoms with Crippen molar-refractivity contribution in [2.45, 2.75) is 19.3 Å². The standard InChI is InChI=1S/C18H21N3O2S/c1-12-2-3-17(24-12)13-10-14(13)18(22)20-15-11-19-5-4-16(15)21-6-8-23-9-7-21/h2-5,11,13-14H,6-10H2,1H3,(H,20,22). The lowest BCUT2D eigenvalue weighted by atomic mass is 10.2. The maximum absolute atomic E-state index is 12.6. The number of thiophene rings is 1. The Morgan fingerprint density at radius 2 is 2.17 bits per heavy atom. The Kier molecular flexibility index (Phi) is 4.24. The largest absolute Gasteiger partial charge is 0.378 e. The van der Waals surface area contributed by atoms with Crippen LogP contribution in [0.5, 0.6) is 0 Å². The van der Waals surface area contributed by atoms with Gasteiger partial charge in [0.05, 0.1) is 30.8 Å². The SMILES string of the molecule is Cc1ccc(C2CC2C(=O)Nc2cnccc2N2CCOCC2)s1. The number of nitrogens with zero attached hydrogens (tertiary/aromatic N) is 2. The van der Waals surface area contributed by atoms with E-state index < -0.39 is 0 Å². The molecule has 2 atom stereocenters. The highest BCUT2D eigenvalue weighted by molar-refractivity contribution is 7.12. The monoisotopic (exact) mass is 343 g/mol. The lowest BCUT2D eigenvalue weighted by molar-refractivity contribution is -0.117. The second kappa shape index (κ2) is 6.53. The highest BCUT2D eigenvalue weighted by atomic mass is 32.1. The fourth-order valence-electron chi connectivity index (χ4n) is 3.24. The molecule has 0 spiro atoms. The summed E-state index contributed by atoms with van der Waals surface area (Å²) < 4.78 is 5.41. The fraction of sp³-hybridized carbons (Fsp3) is 0.444. The zero-order valence-corrected chi connectivity index (χ0v) is 14.5. The van der Waals surface area contributed by atoms with Gasteiger partial charge in [-0.15, -0.1) is 11.3 Å². The number of nitrogens with one attached hydrogen (secondary N) is 1. The van der Waals surface area contributed by atoms with Crippen LogP contribution in [0.15, 0.2) is 30.6 Å². The second-order valence-corrected chi connectivity index (χ2v) is 7.70. The van der Waals surface area contributed by atoms with Gasteiger partial charge < -0.3 is 15.0 Å². The number of ether oxygens (including phenoxy) is 1. The zero-order chi connectivity index (χ0) is 16.5. The van der Waals surface area contributed by atoms with Crippen LogP contribution >= 0.6 is 11.3 Å². The third kappa shape index (κ3) is 3.16. The van der Waals surface area contributed by atoms with E-state index in [0.717, 1.165) is 44.1 Å². The highest BCUT2D eigenvalue weighted by Crippen LogP contribution is 2.50. The molecule has 1 saturated carbocycles. The normalized spacial score (nSPS) is 23.1. The van der Waals surface area contributed by atoms with Gasteiger partial charge in [0.25, 0.3) is 0 Å². The van der Waals surface area contributed by atoms with Gasteiger partial charge in [-0.1, -0.05) is 0 Å². The molecule has 5 nitrogen and oxygen atoms in total. The van der Waals surface area contributed by atoms with Gasteiger partial charge in [-0.25, -0.2) is 0 Å². The first kappa shape index (κ1) is 15.6. The molecule has 2 fully saturated rings. The van der Waals surface area contributed by atoms with Gasteiger partial charge in [-0.2, -0.15) is 0 Å². The number of carbonyl (C=O) groups excluding carboxylic acids is 1. The average molecular weight is 343 g/mol. The van der Waals surface area contributed by atoms with Crippen molar-refractivity contribution in [3.8, 4) is 0 Å². The van der Waals surface area contributed by atoms with Crippen LogP contribution in [-0.2, 0) is 9.53 Å². The van der Waals surface area contributed by atoms with Crippen LogP contribution < -0.4 is 10.2 Å². The maximum atomic E-state index is 12.6. The molecule has 1 N–H and O–H groups in total. The average Bonchev–Trinajstić information content (AvgIpc) is 3.30. The molecule has 0 radical (unpaired) electrons. The van der Waals surface area contributed by atoms with Gasteiger partial charge in [0.15, 0.2) is 0 Å². The molecular formula is C18H21N3O2S. The van der Waals surface area contributed by atoms with E-state index in [0.29, 0.717) is 5.92 Å². The van der Waals surface area contributed by atoms with E-state index in [-0.39, 0.29) is 11.8 Å². The van der Waals surface area contributed by atoms with Gasteiger partial charge in [0.2, 0.25) is 5.91 Å². The molecule has 1 aliphatic heterocycles. The Hall–Kier alpha value is -1.92. The third-order valence-electron chi connectivity index (χ3n) is 4.66. The number of rotatable bonds is 4. The minimum Gasteiger partial charge on any atom is -0.378 e. The molecule has 3 heterocycles. The number of hydrogen-bond donors (Lipinski definition) is 1. The maximum Gasteiger partial charge on any atom is 0.228 e. The van der Waals surface area contributed by atoms with Gasteiger partial charge in [-0.3, -0.25) is 9.78 Å². The Balaban J connectivity index is 1.45. The number of hydrogen-bond acceptors (Lipinski definition) is 5. The van der Waals surface area contributed by atoms with Crippen molar-refractivity contribution >= 4 is 28.6 Å². The van der Waals surface area contributed by atoms with Crippen LogP contribution in [0.3, 0.4) is 0 Å². The lowest BCUT2D eigenvalue weighted by Crippen LogP contribution is -2.36. The predicted octanol–water partition coefficient (Wildman–Crippen LogP) is 3.03. The molecule has 6 heteroatoms. The van der Waals surface area contributed by atoms with E-state index in [9.17, 15) is 4.79 Å². The molecule has 2 aromatic rings. The molecule has 2 aliphatic rings. The molecule has 24 heavy (non-hydrogen) atoms. The fourth-order valence-corrected chi connectivity index (χ4v) is 4.30. The van der Waals surface area contributed by atoms with E-state index in [4.69, 9.17) is 4.74 Å². The Morgan fingerprint density at radius 3 is 2.92 bits per heavy atom. The first-order valence-electron chi connectivity index (χ1n) is 8.36. The molecule has 0 aromatic carbocycles. The minimum absolute atomic E-state index is 0.0841. The van der Waals surface area contributed by atoms with Crippen LogP contribution in [0.4, 0.5) is 11.4 Å². The van der Waals surface area contributed by atoms with Crippen molar-refractivity contribution in [3.05, 3.63) is 40.3 Å². The molecule has 1 amide bonds. The summed E-state index contributed by atoms with van der Waals surface area (Å²) in [6.07, 6.45) is 4.46. The van der Waals surface area contributed by atoms with Crippen LogP contribution in [0.1, 0.15) is 22.1 Å². The van der Waals surface area contributed by atoms with Crippen molar-refractivity contribution in [2.24, 2.45) is 5.92 Å². The number of aryl methyl sites for hydroxylation is 1. The van der Waals surface area contributed by atoms with Gasteiger partial charge in [0.1, 0.15) is 0 Å². The Morgan fingerprint density at radius 1 is 1.33 bits per heavy atom. The zero-order valence-electron chi connectivity index (χ0n) is 13.7. The van der Waals surface area contributed by atoms with E-state index in [1.54, 1.807) is 23.7 Å². The molecule has 1 aliphatic carbocycles. The molecule has 126 valence electrons.